The number of allylic oxidation sites excluding steroid dienone is 1. The van der Waals surface area contributed by atoms with Gasteiger partial charge in [-0.05, 0) is 19.4 Å². The van der Waals surface area contributed by atoms with E-state index in [1.807, 2.05) is 0 Å². The third-order valence-corrected chi connectivity index (χ3v) is 0.985. The Labute approximate surface area is 53.0 Å². The van der Waals surface area contributed by atoms with Gasteiger partial charge >= 0.3 is 5.97 Å². The Hall–Kier alpha value is -1.12. The number of carbonyl (C=O) groups excluding carboxylic acids is 1. The predicted molar refractivity (Wildman–Crippen MR) is 32.1 cm³/mol. The standard InChI is InChI=1S/C6H8O3/c1-3-4(2)5(7)6(8)9/h3H,1-2H3,(H,8,9). The molecule has 0 fully saturated rings. The number of carbonyl (C=O) groups is 2. The van der Waals surface area contributed by atoms with Gasteiger partial charge in [-0.2, -0.15) is 0 Å². The number of ketones is 1. The fourth-order valence-electron chi connectivity index (χ4n) is 0.300. The SMILES string of the molecule is CC=C(C)C(=O)C(=O)O. The molecule has 0 amide bonds. The van der Waals surface area contributed by atoms with Crippen molar-refractivity contribution in [3.63, 3.8) is 0 Å². The molecule has 0 unspecified atom stereocenters. The fraction of sp³-hybridized carbons (Fsp3) is 0.333. The summed E-state index contributed by atoms with van der Waals surface area (Å²) in [6, 6.07) is 0. The number of rotatable bonds is 2. The van der Waals surface area contributed by atoms with Crippen molar-refractivity contribution in [1.82, 2.24) is 0 Å². The van der Waals surface area contributed by atoms with Gasteiger partial charge in [0.15, 0.2) is 0 Å². The lowest BCUT2D eigenvalue weighted by Gasteiger charge is -1.89. The second-order valence-electron chi connectivity index (χ2n) is 1.61. The van der Waals surface area contributed by atoms with Crippen molar-refractivity contribution < 1.29 is 14.7 Å². The zero-order valence-electron chi connectivity index (χ0n) is 5.34. The first-order chi connectivity index (χ1) is 4.09. The molecule has 1 N–H and O–H groups in total. The average Bonchev–Trinajstić information content (AvgIpc) is 1.84. The zero-order valence-corrected chi connectivity index (χ0v) is 5.34. The highest BCUT2D eigenvalue weighted by molar-refractivity contribution is 6.39. The average molecular weight is 128 g/mol. The normalized spacial score (nSPS) is 11.1. The Balaban J connectivity index is 4.23. The Kier molecular flexibility index (Phi) is 2.64. The van der Waals surface area contributed by atoms with Gasteiger partial charge in [-0.25, -0.2) is 4.79 Å². The summed E-state index contributed by atoms with van der Waals surface area (Å²) in [5, 5.41) is 8.09. The minimum atomic E-state index is -1.40. The summed E-state index contributed by atoms with van der Waals surface area (Å²) >= 11 is 0. The van der Waals surface area contributed by atoms with Crippen LogP contribution in [0.4, 0.5) is 0 Å². The van der Waals surface area contributed by atoms with Gasteiger partial charge in [-0.3, -0.25) is 4.79 Å². The molecule has 3 heteroatoms. The van der Waals surface area contributed by atoms with E-state index in [4.69, 9.17) is 5.11 Å². The number of hydrogen-bond acceptors (Lipinski definition) is 2. The van der Waals surface area contributed by atoms with Crippen molar-refractivity contribution in [3.8, 4) is 0 Å². The van der Waals surface area contributed by atoms with Crippen LogP contribution in [0.1, 0.15) is 13.8 Å². The van der Waals surface area contributed by atoms with E-state index in [0.29, 0.717) is 0 Å². The van der Waals surface area contributed by atoms with E-state index in [1.165, 1.54) is 13.0 Å². The molecule has 0 spiro atoms. The summed E-state index contributed by atoms with van der Waals surface area (Å²) in [5.41, 5.74) is 0.266. The number of aliphatic carboxylic acids is 1. The molecule has 50 valence electrons. The van der Waals surface area contributed by atoms with Gasteiger partial charge in [0.05, 0.1) is 0 Å². The maximum Gasteiger partial charge on any atom is 0.376 e. The maximum absolute atomic E-state index is 10.4. The first-order valence-corrected chi connectivity index (χ1v) is 2.50. The number of hydrogen-bond donors (Lipinski definition) is 1. The highest BCUT2D eigenvalue weighted by Crippen LogP contribution is 1.92. The van der Waals surface area contributed by atoms with Crippen molar-refractivity contribution in [3.05, 3.63) is 11.6 Å². The smallest absolute Gasteiger partial charge is 0.376 e. The molecule has 0 saturated heterocycles. The van der Waals surface area contributed by atoms with Crippen LogP contribution in [0.2, 0.25) is 0 Å². The van der Waals surface area contributed by atoms with Gasteiger partial charge in [0.1, 0.15) is 0 Å². The van der Waals surface area contributed by atoms with Gasteiger partial charge < -0.3 is 5.11 Å². The van der Waals surface area contributed by atoms with Crippen LogP contribution in [0, 0.1) is 0 Å². The van der Waals surface area contributed by atoms with Crippen molar-refractivity contribution in [2.75, 3.05) is 0 Å². The van der Waals surface area contributed by atoms with Crippen LogP contribution in [0.25, 0.3) is 0 Å². The minimum absolute atomic E-state index is 0.266. The van der Waals surface area contributed by atoms with Crippen molar-refractivity contribution >= 4 is 11.8 Å². The summed E-state index contributed by atoms with van der Waals surface area (Å²) in [4.78, 5) is 20.3. The second-order valence-corrected chi connectivity index (χ2v) is 1.61. The quantitative estimate of drug-likeness (QED) is 0.437. The number of carboxylic acids is 1. The molecule has 0 saturated carbocycles. The van der Waals surface area contributed by atoms with Gasteiger partial charge in [0.25, 0.3) is 5.78 Å². The number of Topliss-reactive ketones (excluding diaryl/α,β-unsaturated/α-hetero) is 1. The van der Waals surface area contributed by atoms with Crippen LogP contribution in [0.3, 0.4) is 0 Å². The summed E-state index contributed by atoms with van der Waals surface area (Å²) in [7, 11) is 0. The van der Waals surface area contributed by atoms with E-state index in [9.17, 15) is 9.59 Å². The molecule has 0 aliphatic rings. The fourth-order valence-corrected chi connectivity index (χ4v) is 0.300. The second kappa shape index (κ2) is 3.02. The van der Waals surface area contributed by atoms with E-state index >= 15 is 0 Å². The van der Waals surface area contributed by atoms with Gasteiger partial charge in [0, 0.05) is 0 Å². The molecule has 0 bridgehead atoms. The highest BCUT2D eigenvalue weighted by atomic mass is 16.4. The van der Waals surface area contributed by atoms with E-state index in [2.05, 4.69) is 0 Å². The lowest BCUT2D eigenvalue weighted by Crippen LogP contribution is -2.12. The molecule has 0 heterocycles. The molecule has 0 aliphatic carbocycles. The molecular weight excluding hydrogens is 120 g/mol. The van der Waals surface area contributed by atoms with Gasteiger partial charge in [-0.1, -0.05) is 6.08 Å². The van der Waals surface area contributed by atoms with Crippen LogP contribution in [0.15, 0.2) is 11.6 Å². The molecule has 0 atom stereocenters. The van der Waals surface area contributed by atoms with Crippen LogP contribution >= 0.6 is 0 Å². The maximum atomic E-state index is 10.4. The molecular formula is C6H8O3. The molecule has 0 aromatic carbocycles. The molecule has 3 nitrogen and oxygen atoms in total. The monoisotopic (exact) mass is 128 g/mol. The van der Waals surface area contributed by atoms with Crippen LogP contribution in [-0.4, -0.2) is 16.9 Å². The highest BCUT2D eigenvalue weighted by Gasteiger charge is 2.11. The first kappa shape index (κ1) is 7.88. The first-order valence-electron chi connectivity index (χ1n) is 2.50. The van der Waals surface area contributed by atoms with Crippen molar-refractivity contribution in [2.45, 2.75) is 13.8 Å². The molecule has 0 aromatic rings. The van der Waals surface area contributed by atoms with E-state index in [-0.39, 0.29) is 5.57 Å². The molecule has 0 aromatic heterocycles. The third kappa shape index (κ3) is 2.08. The molecule has 0 radical (unpaired) electrons. The van der Waals surface area contributed by atoms with E-state index in [1.54, 1.807) is 6.92 Å². The topological polar surface area (TPSA) is 54.4 Å². The summed E-state index contributed by atoms with van der Waals surface area (Å²) in [6.07, 6.45) is 1.47. The van der Waals surface area contributed by atoms with E-state index in [0.717, 1.165) is 0 Å². The summed E-state index contributed by atoms with van der Waals surface area (Å²) in [5.74, 6) is -2.23. The Morgan fingerprint density at radius 1 is 1.44 bits per heavy atom. The Morgan fingerprint density at radius 2 is 1.89 bits per heavy atom. The number of carboxylic acid groups (broad SMARTS) is 1. The van der Waals surface area contributed by atoms with Gasteiger partial charge in [0.2, 0.25) is 0 Å². The lowest BCUT2D eigenvalue weighted by molar-refractivity contribution is -0.147. The van der Waals surface area contributed by atoms with Crippen LogP contribution in [-0.2, 0) is 9.59 Å². The van der Waals surface area contributed by atoms with E-state index < -0.39 is 11.8 Å². The van der Waals surface area contributed by atoms with Crippen LogP contribution < -0.4 is 0 Å². The summed E-state index contributed by atoms with van der Waals surface area (Å²) < 4.78 is 0. The van der Waals surface area contributed by atoms with Gasteiger partial charge in [-0.15, -0.1) is 0 Å². The Bertz CT molecular complexity index is 167. The van der Waals surface area contributed by atoms with Crippen molar-refractivity contribution in [2.24, 2.45) is 0 Å². The largest absolute Gasteiger partial charge is 0.475 e. The minimum Gasteiger partial charge on any atom is -0.475 e. The molecule has 9 heavy (non-hydrogen) atoms. The predicted octanol–water partition coefficient (Wildman–Crippen LogP) is 0.606. The zero-order chi connectivity index (χ0) is 7.44. The third-order valence-electron chi connectivity index (χ3n) is 0.985. The van der Waals surface area contributed by atoms with Crippen LogP contribution in [0.5, 0.6) is 0 Å². The molecule has 0 aliphatic heterocycles. The molecule has 0 rings (SSSR count). The lowest BCUT2D eigenvalue weighted by atomic mass is 10.2. The van der Waals surface area contributed by atoms with Crippen molar-refractivity contribution in [1.29, 1.82) is 0 Å². The Morgan fingerprint density at radius 3 is 2.00 bits per heavy atom. The summed E-state index contributed by atoms with van der Waals surface area (Å²) in [6.45, 7) is 3.09.